The SMILES string of the molecule is C[C@H](/C=C/CO)[C@H](C)OC1CCCCO1. The molecule has 1 rings (SSSR count). The maximum absolute atomic E-state index is 8.67. The zero-order valence-corrected chi connectivity index (χ0v) is 9.69. The summed E-state index contributed by atoms with van der Waals surface area (Å²) < 4.78 is 11.3. The standard InChI is InChI=1S/C12H22O3/c1-10(6-5-8-13)11(2)15-12-7-3-4-9-14-12/h5-6,10-13H,3-4,7-9H2,1-2H3/b6-5+/t10-,11+,12?/m1/s1. The summed E-state index contributed by atoms with van der Waals surface area (Å²) in [4.78, 5) is 0. The second kappa shape index (κ2) is 6.99. The third-order valence-electron chi connectivity index (χ3n) is 2.79. The van der Waals surface area contributed by atoms with Gasteiger partial charge in [-0.05, 0) is 26.2 Å². The molecule has 3 atom stereocenters. The van der Waals surface area contributed by atoms with Gasteiger partial charge in [0.15, 0.2) is 6.29 Å². The molecule has 0 aromatic heterocycles. The molecule has 3 nitrogen and oxygen atoms in total. The first-order chi connectivity index (χ1) is 7.24. The van der Waals surface area contributed by atoms with Crippen molar-refractivity contribution >= 4 is 0 Å². The molecular weight excluding hydrogens is 192 g/mol. The van der Waals surface area contributed by atoms with Gasteiger partial charge in [0, 0.05) is 12.5 Å². The van der Waals surface area contributed by atoms with Crippen molar-refractivity contribution in [3.63, 3.8) is 0 Å². The molecule has 0 aromatic rings. The van der Waals surface area contributed by atoms with E-state index < -0.39 is 0 Å². The number of hydrogen-bond acceptors (Lipinski definition) is 3. The summed E-state index contributed by atoms with van der Waals surface area (Å²) in [5.74, 6) is 0.308. The Hall–Kier alpha value is -0.380. The average Bonchev–Trinajstić information content (AvgIpc) is 2.27. The highest BCUT2D eigenvalue weighted by Crippen LogP contribution is 2.18. The highest BCUT2D eigenvalue weighted by Gasteiger charge is 2.19. The minimum Gasteiger partial charge on any atom is -0.392 e. The third-order valence-corrected chi connectivity index (χ3v) is 2.79. The Labute approximate surface area is 92.1 Å². The van der Waals surface area contributed by atoms with Crippen LogP contribution >= 0.6 is 0 Å². The summed E-state index contributed by atoms with van der Waals surface area (Å²) in [6.45, 7) is 5.04. The van der Waals surface area contributed by atoms with E-state index in [0.29, 0.717) is 5.92 Å². The van der Waals surface area contributed by atoms with Gasteiger partial charge >= 0.3 is 0 Å². The van der Waals surface area contributed by atoms with E-state index in [0.717, 1.165) is 19.4 Å². The second-order valence-electron chi connectivity index (χ2n) is 4.11. The molecule has 1 aliphatic rings. The molecular formula is C12H22O3. The minimum atomic E-state index is -0.0290. The molecule has 1 heterocycles. The van der Waals surface area contributed by atoms with E-state index in [1.54, 1.807) is 6.08 Å². The Bertz CT molecular complexity index is 185. The van der Waals surface area contributed by atoms with Gasteiger partial charge in [0.2, 0.25) is 0 Å². The van der Waals surface area contributed by atoms with E-state index in [-0.39, 0.29) is 19.0 Å². The maximum Gasteiger partial charge on any atom is 0.157 e. The topological polar surface area (TPSA) is 38.7 Å². The Morgan fingerprint density at radius 2 is 2.27 bits per heavy atom. The molecule has 0 bridgehead atoms. The van der Waals surface area contributed by atoms with Crippen LogP contribution in [0.4, 0.5) is 0 Å². The fourth-order valence-electron chi connectivity index (χ4n) is 1.61. The van der Waals surface area contributed by atoms with E-state index in [9.17, 15) is 0 Å². The van der Waals surface area contributed by atoms with Gasteiger partial charge in [0.1, 0.15) is 0 Å². The van der Waals surface area contributed by atoms with Crippen LogP contribution in [0.3, 0.4) is 0 Å². The van der Waals surface area contributed by atoms with Crippen molar-refractivity contribution in [2.24, 2.45) is 5.92 Å². The van der Waals surface area contributed by atoms with Crippen molar-refractivity contribution in [2.75, 3.05) is 13.2 Å². The van der Waals surface area contributed by atoms with Crippen molar-refractivity contribution in [1.29, 1.82) is 0 Å². The van der Waals surface area contributed by atoms with Crippen molar-refractivity contribution in [3.05, 3.63) is 12.2 Å². The molecule has 0 saturated carbocycles. The summed E-state index contributed by atoms with van der Waals surface area (Å²) in [5.41, 5.74) is 0. The lowest BCUT2D eigenvalue weighted by Gasteiger charge is -2.27. The van der Waals surface area contributed by atoms with Crippen molar-refractivity contribution in [2.45, 2.75) is 45.5 Å². The molecule has 0 radical (unpaired) electrons. The van der Waals surface area contributed by atoms with Crippen LogP contribution < -0.4 is 0 Å². The highest BCUT2D eigenvalue weighted by molar-refractivity contribution is 4.88. The van der Waals surface area contributed by atoms with Gasteiger partial charge in [-0.15, -0.1) is 0 Å². The van der Waals surface area contributed by atoms with Gasteiger partial charge < -0.3 is 14.6 Å². The first-order valence-electron chi connectivity index (χ1n) is 5.78. The van der Waals surface area contributed by atoms with E-state index >= 15 is 0 Å². The van der Waals surface area contributed by atoms with Crippen LogP contribution in [0.15, 0.2) is 12.2 Å². The fraction of sp³-hybridized carbons (Fsp3) is 0.833. The van der Waals surface area contributed by atoms with Crippen molar-refractivity contribution in [3.8, 4) is 0 Å². The maximum atomic E-state index is 8.67. The van der Waals surface area contributed by atoms with Crippen LogP contribution in [0.25, 0.3) is 0 Å². The summed E-state index contributed by atoms with van der Waals surface area (Å²) in [6.07, 6.45) is 7.18. The van der Waals surface area contributed by atoms with Gasteiger partial charge in [-0.25, -0.2) is 0 Å². The van der Waals surface area contributed by atoms with Crippen molar-refractivity contribution < 1.29 is 14.6 Å². The predicted octanol–water partition coefficient (Wildman–Crippen LogP) is 2.10. The van der Waals surface area contributed by atoms with Gasteiger partial charge in [-0.2, -0.15) is 0 Å². The third kappa shape index (κ3) is 4.78. The summed E-state index contributed by atoms with van der Waals surface area (Å²) >= 11 is 0. The van der Waals surface area contributed by atoms with Crippen molar-refractivity contribution in [1.82, 2.24) is 0 Å². The lowest BCUT2D eigenvalue weighted by atomic mass is 10.1. The van der Waals surface area contributed by atoms with Gasteiger partial charge in [-0.3, -0.25) is 0 Å². The smallest absolute Gasteiger partial charge is 0.157 e. The monoisotopic (exact) mass is 214 g/mol. The molecule has 1 unspecified atom stereocenters. The molecule has 1 N–H and O–H groups in total. The second-order valence-corrected chi connectivity index (χ2v) is 4.11. The van der Waals surface area contributed by atoms with E-state index in [1.165, 1.54) is 6.42 Å². The summed E-state index contributed by atoms with van der Waals surface area (Å²) in [5, 5.41) is 8.67. The number of aliphatic hydroxyl groups is 1. The Kier molecular flexibility index (Phi) is 5.91. The van der Waals surface area contributed by atoms with E-state index in [1.807, 2.05) is 13.0 Å². The van der Waals surface area contributed by atoms with E-state index in [2.05, 4.69) is 6.92 Å². The zero-order valence-electron chi connectivity index (χ0n) is 9.69. The van der Waals surface area contributed by atoms with E-state index in [4.69, 9.17) is 14.6 Å². The summed E-state index contributed by atoms with van der Waals surface area (Å²) in [7, 11) is 0. The molecule has 1 fully saturated rings. The molecule has 0 aromatic carbocycles. The molecule has 88 valence electrons. The van der Waals surface area contributed by atoms with Gasteiger partial charge in [-0.1, -0.05) is 19.1 Å². The first-order valence-corrected chi connectivity index (χ1v) is 5.78. The molecule has 15 heavy (non-hydrogen) atoms. The fourth-order valence-corrected chi connectivity index (χ4v) is 1.61. The zero-order chi connectivity index (χ0) is 11.1. The Balaban J connectivity index is 2.26. The largest absolute Gasteiger partial charge is 0.392 e. The quantitative estimate of drug-likeness (QED) is 0.712. The van der Waals surface area contributed by atoms with Crippen LogP contribution in [0.2, 0.25) is 0 Å². The predicted molar refractivity (Wildman–Crippen MR) is 59.5 cm³/mol. The van der Waals surface area contributed by atoms with Crippen LogP contribution in [0, 0.1) is 5.92 Å². The highest BCUT2D eigenvalue weighted by atomic mass is 16.7. The Morgan fingerprint density at radius 1 is 1.47 bits per heavy atom. The Morgan fingerprint density at radius 3 is 2.87 bits per heavy atom. The summed E-state index contributed by atoms with van der Waals surface area (Å²) in [6, 6.07) is 0. The number of aliphatic hydroxyl groups excluding tert-OH is 1. The molecule has 0 amide bonds. The normalized spacial score (nSPS) is 26.7. The molecule has 0 aliphatic carbocycles. The van der Waals surface area contributed by atoms with Crippen LogP contribution in [-0.4, -0.2) is 30.7 Å². The molecule has 1 saturated heterocycles. The lowest BCUT2D eigenvalue weighted by Crippen LogP contribution is -2.29. The minimum absolute atomic E-state index is 0.0290. The van der Waals surface area contributed by atoms with Gasteiger partial charge in [0.05, 0.1) is 12.7 Å². The molecule has 1 aliphatic heterocycles. The average molecular weight is 214 g/mol. The number of rotatable bonds is 5. The van der Waals surface area contributed by atoms with Crippen LogP contribution in [-0.2, 0) is 9.47 Å². The van der Waals surface area contributed by atoms with Gasteiger partial charge in [0.25, 0.3) is 0 Å². The molecule has 0 spiro atoms. The molecule has 3 heteroatoms. The number of hydrogen-bond donors (Lipinski definition) is 1. The lowest BCUT2D eigenvalue weighted by molar-refractivity contribution is -0.190. The first kappa shape index (κ1) is 12.7. The van der Waals surface area contributed by atoms with Crippen LogP contribution in [0.5, 0.6) is 0 Å². The number of ether oxygens (including phenoxy) is 2. The van der Waals surface area contributed by atoms with Crippen LogP contribution in [0.1, 0.15) is 33.1 Å².